The molecule has 3 nitrogen and oxygen atoms in total. The lowest BCUT2D eigenvalue weighted by atomic mass is 10.2. The van der Waals surface area contributed by atoms with Gasteiger partial charge in [0.2, 0.25) is 0 Å². The number of anilines is 3. The second-order valence-electron chi connectivity index (χ2n) is 4.14. The number of aromatic nitrogens is 1. The van der Waals surface area contributed by atoms with Crippen LogP contribution in [-0.2, 0) is 6.18 Å². The zero-order valence-electron chi connectivity index (χ0n) is 10.1. The predicted molar refractivity (Wildman–Crippen MR) is 68.1 cm³/mol. The van der Waals surface area contributed by atoms with Gasteiger partial charge in [-0.2, -0.15) is 13.2 Å². The molecule has 0 atom stereocenters. The van der Waals surface area contributed by atoms with Gasteiger partial charge in [-0.05, 0) is 36.8 Å². The topological polar surface area (TPSA) is 50.9 Å². The highest BCUT2D eigenvalue weighted by Gasteiger charge is 2.30. The minimum absolute atomic E-state index is 0.329. The lowest BCUT2D eigenvalue weighted by molar-refractivity contribution is -0.137. The zero-order valence-corrected chi connectivity index (χ0v) is 10.1. The number of hydrogen-bond donors (Lipinski definition) is 2. The van der Waals surface area contributed by atoms with Crippen LogP contribution in [0.25, 0.3) is 0 Å². The SMILES string of the molecule is Cc1cc(N)cnc1Nc1cccc(C(F)(F)F)c1. The molecule has 0 saturated heterocycles. The zero-order chi connectivity index (χ0) is 14.0. The lowest BCUT2D eigenvalue weighted by Crippen LogP contribution is -2.05. The molecule has 3 N–H and O–H groups in total. The van der Waals surface area contributed by atoms with Crippen molar-refractivity contribution in [3.05, 3.63) is 47.7 Å². The number of nitrogens with zero attached hydrogens (tertiary/aromatic N) is 1. The van der Waals surface area contributed by atoms with Crippen LogP contribution in [0.2, 0.25) is 0 Å². The maximum atomic E-state index is 12.6. The van der Waals surface area contributed by atoms with E-state index in [1.807, 2.05) is 0 Å². The van der Waals surface area contributed by atoms with Gasteiger partial charge in [0.05, 0.1) is 17.4 Å². The highest BCUT2D eigenvalue weighted by atomic mass is 19.4. The standard InChI is InChI=1S/C13H12F3N3/c1-8-5-10(17)7-18-12(8)19-11-4-2-3-9(6-11)13(14,15)16/h2-7H,17H2,1H3,(H,18,19). The van der Waals surface area contributed by atoms with E-state index < -0.39 is 11.7 Å². The molecule has 0 spiro atoms. The Balaban J connectivity index is 2.29. The predicted octanol–water partition coefficient (Wildman–Crippen LogP) is 3.73. The smallest absolute Gasteiger partial charge is 0.397 e. The number of nitrogens with one attached hydrogen (secondary N) is 1. The monoisotopic (exact) mass is 267 g/mol. The van der Waals surface area contributed by atoms with Gasteiger partial charge in [-0.15, -0.1) is 0 Å². The van der Waals surface area contributed by atoms with Gasteiger partial charge in [0.15, 0.2) is 0 Å². The summed E-state index contributed by atoms with van der Waals surface area (Å²) < 4.78 is 37.7. The van der Waals surface area contributed by atoms with E-state index in [2.05, 4.69) is 10.3 Å². The van der Waals surface area contributed by atoms with Crippen LogP contribution in [0.1, 0.15) is 11.1 Å². The Bertz CT molecular complexity index is 594. The van der Waals surface area contributed by atoms with E-state index in [-0.39, 0.29) is 0 Å². The molecule has 0 radical (unpaired) electrons. The van der Waals surface area contributed by atoms with Gasteiger partial charge < -0.3 is 11.1 Å². The lowest BCUT2D eigenvalue weighted by Gasteiger charge is -2.11. The second-order valence-corrected chi connectivity index (χ2v) is 4.14. The minimum atomic E-state index is -4.36. The number of pyridine rings is 1. The summed E-state index contributed by atoms with van der Waals surface area (Å²) in [5, 5.41) is 2.85. The second kappa shape index (κ2) is 4.79. The van der Waals surface area contributed by atoms with Crippen LogP contribution in [-0.4, -0.2) is 4.98 Å². The fourth-order valence-electron chi connectivity index (χ4n) is 1.64. The molecule has 0 bridgehead atoms. The van der Waals surface area contributed by atoms with Crippen LogP contribution in [0.3, 0.4) is 0 Å². The van der Waals surface area contributed by atoms with E-state index in [0.29, 0.717) is 17.2 Å². The maximum absolute atomic E-state index is 12.6. The van der Waals surface area contributed by atoms with Crippen LogP contribution >= 0.6 is 0 Å². The number of rotatable bonds is 2. The minimum Gasteiger partial charge on any atom is -0.397 e. The third kappa shape index (κ3) is 3.15. The van der Waals surface area contributed by atoms with Gasteiger partial charge >= 0.3 is 6.18 Å². The van der Waals surface area contributed by atoms with Crippen molar-refractivity contribution in [3.8, 4) is 0 Å². The van der Waals surface area contributed by atoms with E-state index in [1.54, 1.807) is 19.1 Å². The molecule has 2 rings (SSSR count). The summed E-state index contributed by atoms with van der Waals surface area (Å²) in [6, 6.07) is 6.65. The molecule has 100 valence electrons. The summed E-state index contributed by atoms with van der Waals surface area (Å²) in [5.41, 5.74) is 6.46. The van der Waals surface area contributed by atoms with Crippen molar-refractivity contribution in [2.75, 3.05) is 11.1 Å². The molecule has 0 aliphatic rings. The molecule has 2 aromatic rings. The highest BCUT2D eigenvalue weighted by molar-refractivity contribution is 5.61. The molecule has 19 heavy (non-hydrogen) atoms. The first kappa shape index (κ1) is 13.2. The number of aryl methyl sites for hydroxylation is 1. The molecule has 0 fully saturated rings. The van der Waals surface area contributed by atoms with Crippen LogP contribution in [0.5, 0.6) is 0 Å². The largest absolute Gasteiger partial charge is 0.416 e. The molecule has 0 aliphatic heterocycles. The van der Waals surface area contributed by atoms with Crippen molar-refractivity contribution in [1.29, 1.82) is 0 Å². The van der Waals surface area contributed by atoms with Crippen LogP contribution in [0.15, 0.2) is 36.5 Å². The van der Waals surface area contributed by atoms with Crippen molar-refractivity contribution >= 4 is 17.2 Å². The molecule has 0 unspecified atom stereocenters. The first-order valence-corrected chi connectivity index (χ1v) is 5.52. The molecule has 0 amide bonds. The fourth-order valence-corrected chi connectivity index (χ4v) is 1.64. The highest BCUT2D eigenvalue weighted by Crippen LogP contribution is 2.31. The van der Waals surface area contributed by atoms with E-state index in [9.17, 15) is 13.2 Å². The number of benzene rings is 1. The number of nitrogens with two attached hydrogens (primary N) is 1. The summed E-state index contributed by atoms with van der Waals surface area (Å²) >= 11 is 0. The Labute approximate surface area is 108 Å². The first-order valence-electron chi connectivity index (χ1n) is 5.52. The van der Waals surface area contributed by atoms with E-state index in [1.165, 1.54) is 12.3 Å². The van der Waals surface area contributed by atoms with E-state index >= 15 is 0 Å². The quantitative estimate of drug-likeness (QED) is 0.871. The Morgan fingerprint density at radius 2 is 1.95 bits per heavy atom. The Hall–Kier alpha value is -2.24. The average molecular weight is 267 g/mol. The maximum Gasteiger partial charge on any atom is 0.416 e. The van der Waals surface area contributed by atoms with Crippen LogP contribution in [0, 0.1) is 6.92 Å². The van der Waals surface area contributed by atoms with Gasteiger partial charge in [-0.3, -0.25) is 0 Å². The van der Waals surface area contributed by atoms with Gasteiger partial charge in [0.25, 0.3) is 0 Å². The number of alkyl halides is 3. The Morgan fingerprint density at radius 1 is 1.21 bits per heavy atom. The summed E-state index contributed by atoms with van der Waals surface area (Å²) in [7, 11) is 0. The van der Waals surface area contributed by atoms with Crippen molar-refractivity contribution in [3.63, 3.8) is 0 Å². The molecular weight excluding hydrogens is 255 g/mol. The third-order valence-electron chi connectivity index (χ3n) is 2.55. The Kier molecular flexibility index (Phi) is 3.33. The Morgan fingerprint density at radius 3 is 2.58 bits per heavy atom. The molecule has 1 aromatic heterocycles. The molecule has 0 aliphatic carbocycles. The third-order valence-corrected chi connectivity index (χ3v) is 2.55. The molecule has 1 heterocycles. The summed E-state index contributed by atoms with van der Waals surface area (Å²) in [6.07, 6.45) is -2.91. The molecule has 0 saturated carbocycles. The number of hydrogen-bond acceptors (Lipinski definition) is 3. The normalized spacial score (nSPS) is 11.4. The van der Waals surface area contributed by atoms with Gasteiger partial charge in [-0.1, -0.05) is 6.07 Å². The molecule has 6 heteroatoms. The van der Waals surface area contributed by atoms with Crippen LogP contribution in [0.4, 0.5) is 30.4 Å². The summed E-state index contributed by atoms with van der Waals surface area (Å²) in [6.45, 7) is 1.78. The summed E-state index contributed by atoms with van der Waals surface area (Å²) in [5.74, 6) is 0.480. The van der Waals surface area contributed by atoms with Crippen molar-refractivity contribution < 1.29 is 13.2 Å². The van der Waals surface area contributed by atoms with Crippen molar-refractivity contribution in [2.45, 2.75) is 13.1 Å². The van der Waals surface area contributed by atoms with Crippen LogP contribution < -0.4 is 11.1 Å². The van der Waals surface area contributed by atoms with Gasteiger partial charge in [0.1, 0.15) is 5.82 Å². The van der Waals surface area contributed by atoms with E-state index in [0.717, 1.165) is 17.7 Å². The fraction of sp³-hybridized carbons (Fsp3) is 0.154. The average Bonchev–Trinajstić information content (AvgIpc) is 2.32. The van der Waals surface area contributed by atoms with Crippen molar-refractivity contribution in [1.82, 2.24) is 4.98 Å². The first-order chi connectivity index (χ1) is 8.86. The molecule has 1 aromatic carbocycles. The van der Waals surface area contributed by atoms with E-state index in [4.69, 9.17) is 5.73 Å². The van der Waals surface area contributed by atoms with Gasteiger partial charge in [-0.25, -0.2) is 4.98 Å². The molecular formula is C13H12F3N3. The number of halogens is 3. The van der Waals surface area contributed by atoms with Crippen molar-refractivity contribution in [2.24, 2.45) is 0 Å². The van der Waals surface area contributed by atoms with Gasteiger partial charge in [0, 0.05) is 5.69 Å². The number of nitrogen functional groups attached to an aromatic ring is 1. The summed E-state index contributed by atoms with van der Waals surface area (Å²) in [4.78, 5) is 4.05.